The highest BCUT2D eigenvalue weighted by atomic mass is 19.1. The molecule has 0 bridgehead atoms. The Hall–Kier alpha value is -4.14. The van der Waals surface area contributed by atoms with Gasteiger partial charge in [0.15, 0.2) is 0 Å². The summed E-state index contributed by atoms with van der Waals surface area (Å²) in [7, 11) is 1.56. The van der Waals surface area contributed by atoms with Crippen molar-refractivity contribution in [3.05, 3.63) is 89.9 Å². The molecule has 37 heavy (non-hydrogen) atoms. The number of nitrogens with two attached hydrogens (primary N) is 1. The number of carbonyl (C=O) groups is 1. The smallest absolute Gasteiger partial charge is 0.243 e. The molecule has 1 saturated carbocycles. The van der Waals surface area contributed by atoms with E-state index in [1.54, 1.807) is 25.2 Å². The van der Waals surface area contributed by atoms with Gasteiger partial charge in [0, 0.05) is 36.7 Å². The Morgan fingerprint density at radius 3 is 2.70 bits per heavy atom. The first-order chi connectivity index (χ1) is 17.8. The Morgan fingerprint density at radius 1 is 1.22 bits per heavy atom. The summed E-state index contributed by atoms with van der Waals surface area (Å²) in [5.41, 5.74) is 7.99. The molecule has 0 aliphatic heterocycles. The quantitative estimate of drug-likeness (QED) is 0.325. The van der Waals surface area contributed by atoms with Crippen LogP contribution in [0.3, 0.4) is 0 Å². The molecule has 3 N–H and O–H groups in total. The number of aliphatic imine (C=N–C) groups is 1. The minimum absolute atomic E-state index is 0.0404. The van der Waals surface area contributed by atoms with Crippen LogP contribution in [0.5, 0.6) is 11.5 Å². The van der Waals surface area contributed by atoms with E-state index in [-0.39, 0.29) is 46.7 Å². The first-order valence-corrected chi connectivity index (χ1v) is 12.0. The van der Waals surface area contributed by atoms with Gasteiger partial charge in [-0.25, -0.2) is 18.7 Å². The normalized spacial score (nSPS) is 18.3. The number of aromatic nitrogens is 2. The standard InChI is InChI=1S/C28H29F2N5O2/c1-4-24(36)35-19-9-8-17(12-19)16(2)26-25(28(31)34-15-33-26)27(32-3)22-11-10-21(14-23(22)30)37-20-7-5-6-18(29)13-20/h4-7,10-11,13-17,19H,1,8-9,12H2,2-3H3,(H,35,36)(H2,31,33,34)/b32-27-. The summed E-state index contributed by atoms with van der Waals surface area (Å²) in [6.07, 6.45) is 5.19. The van der Waals surface area contributed by atoms with Crippen LogP contribution in [0.1, 0.15) is 48.9 Å². The Morgan fingerprint density at radius 2 is 2.00 bits per heavy atom. The Bertz CT molecular complexity index is 1340. The molecule has 0 radical (unpaired) electrons. The number of anilines is 1. The molecule has 7 nitrogen and oxygen atoms in total. The zero-order valence-corrected chi connectivity index (χ0v) is 20.7. The summed E-state index contributed by atoms with van der Waals surface area (Å²) in [5, 5.41) is 2.96. The van der Waals surface area contributed by atoms with Crippen molar-refractivity contribution in [1.82, 2.24) is 15.3 Å². The van der Waals surface area contributed by atoms with Gasteiger partial charge in [0.2, 0.25) is 5.91 Å². The molecular formula is C28H29F2N5O2. The van der Waals surface area contributed by atoms with Crippen molar-refractivity contribution in [2.24, 2.45) is 10.9 Å². The second kappa shape index (κ2) is 11.3. The fourth-order valence-electron chi connectivity index (χ4n) is 4.87. The number of halogens is 2. The second-order valence-corrected chi connectivity index (χ2v) is 9.06. The predicted molar refractivity (Wildman–Crippen MR) is 139 cm³/mol. The van der Waals surface area contributed by atoms with Gasteiger partial charge in [-0.3, -0.25) is 9.79 Å². The number of carbonyl (C=O) groups excluding carboxylic acids is 1. The van der Waals surface area contributed by atoms with E-state index in [2.05, 4.69) is 26.9 Å². The number of hydrogen-bond donors (Lipinski definition) is 2. The fourth-order valence-corrected chi connectivity index (χ4v) is 4.87. The molecule has 1 amide bonds. The third-order valence-electron chi connectivity index (χ3n) is 6.74. The number of hydrogen-bond acceptors (Lipinski definition) is 6. The maximum Gasteiger partial charge on any atom is 0.243 e. The third kappa shape index (κ3) is 5.82. The molecular weight excluding hydrogens is 476 g/mol. The van der Waals surface area contributed by atoms with E-state index in [9.17, 15) is 9.18 Å². The van der Waals surface area contributed by atoms with Crippen molar-refractivity contribution in [3.63, 3.8) is 0 Å². The SMILES string of the molecule is C=CC(=O)NC1CCC(C(C)c2ncnc(N)c2/C(=N\C)c2ccc(Oc3cccc(F)c3)cc2F)C1. The van der Waals surface area contributed by atoms with Crippen molar-refractivity contribution in [2.75, 3.05) is 12.8 Å². The molecule has 4 rings (SSSR count). The van der Waals surface area contributed by atoms with Crippen molar-refractivity contribution in [2.45, 2.75) is 38.1 Å². The topological polar surface area (TPSA) is 102 Å². The lowest BCUT2D eigenvalue weighted by atomic mass is 9.85. The van der Waals surface area contributed by atoms with E-state index in [1.165, 1.54) is 36.7 Å². The van der Waals surface area contributed by atoms with E-state index in [0.29, 0.717) is 17.0 Å². The summed E-state index contributed by atoms with van der Waals surface area (Å²) in [5.74, 6) is -0.358. The predicted octanol–water partition coefficient (Wildman–Crippen LogP) is 5.17. The van der Waals surface area contributed by atoms with Crippen molar-refractivity contribution >= 4 is 17.4 Å². The third-order valence-corrected chi connectivity index (χ3v) is 6.74. The van der Waals surface area contributed by atoms with Gasteiger partial charge in [-0.1, -0.05) is 19.6 Å². The van der Waals surface area contributed by atoms with E-state index >= 15 is 4.39 Å². The maximum atomic E-state index is 15.4. The van der Waals surface area contributed by atoms with Crippen LogP contribution in [-0.2, 0) is 4.79 Å². The lowest BCUT2D eigenvalue weighted by molar-refractivity contribution is -0.117. The highest BCUT2D eigenvalue weighted by Gasteiger charge is 2.33. The van der Waals surface area contributed by atoms with E-state index in [0.717, 1.165) is 19.3 Å². The molecule has 2 aromatic carbocycles. The van der Waals surface area contributed by atoms with Crippen LogP contribution >= 0.6 is 0 Å². The average Bonchev–Trinajstić information content (AvgIpc) is 3.34. The van der Waals surface area contributed by atoms with Crippen LogP contribution < -0.4 is 15.8 Å². The van der Waals surface area contributed by atoms with Crippen LogP contribution in [-0.4, -0.2) is 34.7 Å². The van der Waals surface area contributed by atoms with Crippen molar-refractivity contribution in [1.29, 1.82) is 0 Å². The molecule has 1 aliphatic carbocycles. The summed E-state index contributed by atoms with van der Waals surface area (Å²) in [4.78, 5) is 24.8. The van der Waals surface area contributed by atoms with Gasteiger partial charge >= 0.3 is 0 Å². The molecule has 9 heteroatoms. The van der Waals surface area contributed by atoms with Gasteiger partial charge in [-0.15, -0.1) is 0 Å². The minimum atomic E-state index is -0.579. The summed E-state index contributed by atoms with van der Waals surface area (Å²) in [6, 6.07) is 10.0. The minimum Gasteiger partial charge on any atom is -0.457 e. The first-order valence-electron chi connectivity index (χ1n) is 12.0. The summed E-state index contributed by atoms with van der Waals surface area (Å²) < 4.78 is 34.5. The van der Waals surface area contributed by atoms with E-state index < -0.39 is 11.6 Å². The largest absolute Gasteiger partial charge is 0.457 e. The highest BCUT2D eigenvalue weighted by Crippen LogP contribution is 2.39. The molecule has 3 aromatic rings. The van der Waals surface area contributed by atoms with Crippen LogP contribution in [0.2, 0.25) is 0 Å². The number of nitrogen functional groups attached to an aromatic ring is 1. The van der Waals surface area contributed by atoms with Crippen LogP contribution in [0.15, 0.2) is 66.4 Å². The lowest BCUT2D eigenvalue weighted by Gasteiger charge is -2.23. The van der Waals surface area contributed by atoms with E-state index in [4.69, 9.17) is 10.5 Å². The second-order valence-electron chi connectivity index (χ2n) is 9.06. The highest BCUT2D eigenvalue weighted by molar-refractivity contribution is 6.16. The lowest BCUT2D eigenvalue weighted by Crippen LogP contribution is -2.31. The zero-order chi connectivity index (χ0) is 26.5. The van der Waals surface area contributed by atoms with Gasteiger partial charge < -0.3 is 15.8 Å². The molecule has 192 valence electrons. The van der Waals surface area contributed by atoms with Crippen molar-refractivity contribution < 1.29 is 18.3 Å². The van der Waals surface area contributed by atoms with E-state index in [1.807, 2.05) is 6.92 Å². The van der Waals surface area contributed by atoms with Crippen LogP contribution in [0.4, 0.5) is 14.6 Å². The number of rotatable bonds is 8. The fraction of sp³-hybridized carbons (Fsp3) is 0.286. The number of nitrogens with zero attached hydrogens (tertiary/aromatic N) is 3. The Labute approximate surface area is 214 Å². The van der Waals surface area contributed by atoms with Crippen LogP contribution in [0.25, 0.3) is 0 Å². The number of nitrogens with one attached hydrogen (secondary N) is 1. The maximum absolute atomic E-state index is 15.4. The van der Waals surface area contributed by atoms with Gasteiger partial charge in [-0.05, 0) is 55.5 Å². The number of benzene rings is 2. The molecule has 3 atom stereocenters. The number of ether oxygens (including phenoxy) is 1. The molecule has 1 heterocycles. The first kappa shape index (κ1) is 25.9. The molecule has 0 spiro atoms. The van der Waals surface area contributed by atoms with Gasteiger partial charge in [0.05, 0.1) is 17.0 Å². The van der Waals surface area contributed by atoms with Crippen molar-refractivity contribution in [3.8, 4) is 11.5 Å². The monoisotopic (exact) mass is 505 g/mol. The Balaban J connectivity index is 1.62. The number of amides is 1. The Kier molecular flexibility index (Phi) is 7.91. The van der Waals surface area contributed by atoms with Gasteiger partial charge in [0.1, 0.15) is 35.3 Å². The molecule has 1 aliphatic rings. The molecule has 1 fully saturated rings. The molecule has 1 aromatic heterocycles. The van der Waals surface area contributed by atoms with Crippen LogP contribution in [0, 0.1) is 17.6 Å². The van der Waals surface area contributed by atoms with Gasteiger partial charge in [0.25, 0.3) is 0 Å². The average molecular weight is 506 g/mol. The summed E-state index contributed by atoms with van der Waals surface area (Å²) >= 11 is 0. The van der Waals surface area contributed by atoms with Gasteiger partial charge in [-0.2, -0.15) is 0 Å². The summed E-state index contributed by atoms with van der Waals surface area (Å²) in [6.45, 7) is 5.56. The molecule has 0 saturated heterocycles. The zero-order valence-electron chi connectivity index (χ0n) is 20.7. The molecule has 3 unspecified atom stereocenters.